The van der Waals surface area contributed by atoms with Crippen molar-refractivity contribution in [2.45, 2.75) is 6.92 Å². The molecule has 2 rings (SSSR count). The minimum atomic E-state index is -0.511. The number of rotatable bonds is 3. The number of nitrogens with one attached hydrogen (secondary N) is 1. The molecule has 108 valence electrons. The van der Waals surface area contributed by atoms with Crippen molar-refractivity contribution < 1.29 is 14.8 Å². The van der Waals surface area contributed by atoms with Crippen LogP contribution in [-0.4, -0.2) is 15.9 Å². The number of carbonyl (C=O) groups is 1. The Bertz CT molecular complexity index is 731. The molecule has 0 atom stereocenters. The number of nitro groups is 1. The highest BCUT2D eigenvalue weighted by atomic mass is 35.5. The topological polar surface area (TPSA) is 92.5 Å². The molecule has 0 fully saturated rings. The number of carbonyl (C=O) groups excluding carboxylic acids is 1. The van der Waals surface area contributed by atoms with Crippen molar-refractivity contribution in [1.29, 1.82) is 0 Å². The van der Waals surface area contributed by atoms with Crippen LogP contribution >= 0.6 is 11.6 Å². The summed E-state index contributed by atoms with van der Waals surface area (Å²) in [6.45, 7) is 1.61. The van der Waals surface area contributed by atoms with Gasteiger partial charge in [0.15, 0.2) is 0 Å². The first kappa shape index (κ1) is 14.8. The van der Waals surface area contributed by atoms with Crippen molar-refractivity contribution in [1.82, 2.24) is 0 Å². The molecular weight excluding hydrogens is 296 g/mol. The fourth-order valence-electron chi connectivity index (χ4n) is 1.74. The Kier molecular flexibility index (Phi) is 4.09. The lowest BCUT2D eigenvalue weighted by molar-refractivity contribution is -0.385. The number of nitro benzene ring substituents is 1. The number of benzene rings is 2. The number of amides is 1. The van der Waals surface area contributed by atoms with Crippen molar-refractivity contribution in [2.24, 2.45) is 0 Å². The second-order valence-electron chi connectivity index (χ2n) is 4.38. The molecule has 1 amide bonds. The van der Waals surface area contributed by atoms with Crippen molar-refractivity contribution in [3.05, 3.63) is 62.7 Å². The second-order valence-corrected chi connectivity index (χ2v) is 4.79. The first-order valence-electron chi connectivity index (χ1n) is 5.93. The Balaban J connectivity index is 2.25. The van der Waals surface area contributed by atoms with Crippen LogP contribution in [0, 0.1) is 17.0 Å². The summed E-state index contributed by atoms with van der Waals surface area (Å²) in [7, 11) is 0. The van der Waals surface area contributed by atoms with E-state index in [9.17, 15) is 20.0 Å². The van der Waals surface area contributed by atoms with Gasteiger partial charge in [0.25, 0.3) is 11.6 Å². The number of hydrogen-bond acceptors (Lipinski definition) is 4. The zero-order valence-corrected chi connectivity index (χ0v) is 11.7. The Hall–Kier alpha value is -2.60. The van der Waals surface area contributed by atoms with Gasteiger partial charge in [-0.1, -0.05) is 17.7 Å². The summed E-state index contributed by atoms with van der Waals surface area (Å²) in [5.41, 5.74) is 0.977. The van der Waals surface area contributed by atoms with E-state index in [1.807, 2.05) is 0 Å². The normalized spacial score (nSPS) is 10.2. The van der Waals surface area contributed by atoms with Gasteiger partial charge in [0, 0.05) is 22.9 Å². The van der Waals surface area contributed by atoms with Gasteiger partial charge in [0.1, 0.15) is 5.75 Å². The number of aryl methyl sites for hydroxylation is 1. The van der Waals surface area contributed by atoms with Crippen LogP contribution in [0.4, 0.5) is 11.4 Å². The van der Waals surface area contributed by atoms with Crippen LogP contribution in [0.25, 0.3) is 0 Å². The average molecular weight is 307 g/mol. The Morgan fingerprint density at radius 3 is 2.62 bits per heavy atom. The molecule has 0 aliphatic rings. The summed E-state index contributed by atoms with van der Waals surface area (Å²) in [5, 5.41) is 22.8. The summed E-state index contributed by atoms with van der Waals surface area (Å²) in [4.78, 5) is 22.4. The molecular formula is C14H11ClN2O4. The molecule has 0 aliphatic heterocycles. The van der Waals surface area contributed by atoms with Crippen molar-refractivity contribution in [3.63, 3.8) is 0 Å². The van der Waals surface area contributed by atoms with E-state index >= 15 is 0 Å². The van der Waals surface area contributed by atoms with E-state index in [-0.39, 0.29) is 22.0 Å². The molecule has 2 N–H and O–H groups in total. The zero-order chi connectivity index (χ0) is 15.6. The van der Waals surface area contributed by atoms with Crippen LogP contribution < -0.4 is 5.32 Å². The Labute approximate surface area is 125 Å². The monoisotopic (exact) mass is 306 g/mol. The van der Waals surface area contributed by atoms with E-state index in [0.29, 0.717) is 11.3 Å². The van der Waals surface area contributed by atoms with Gasteiger partial charge in [-0.25, -0.2) is 0 Å². The third-order valence-electron chi connectivity index (χ3n) is 2.87. The minimum Gasteiger partial charge on any atom is -0.506 e. The molecule has 0 heterocycles. The number of phenols is 1. The van der Waals surface area contributed by atoms with Gasteiger partial charge in [-0.05, 0) is 31.2 Å². The average Bonchev–Trinajstić information content (AvgIpc) is 2.43. The number of nitrogens with zero attached hydrogens (tertiary/aromatic N) is 1. The molecule has 0 bridgehead atoms. The molecule has 0 unspecified atom stereocenters. The number of halogens is 1. The highest BCUT2D eigenvalue weighted by Crippen LogP contribution is 2.25. The summed E-state index contributed by atoms with van der Waals surface area (Å²) in [6, 6.07) is 8.43. The quantitative estimate of drug-likeness (QED) is 0.670. The predicted octanol–water partition coefficient (Wildman–Crippen LogP) is 3.51. The molecule has 6 nitrogen and oxygen atoms in total. The molecule has 0 aliphatic carbocycles. The zero-order valence-electron chi connectivity index (χ0n) is 11.0. The fourth-order valence-corrected chi connectivity index (χ4v) is 1.92. The lowest BCUT2D eigenvalue weighted by Gasteiger charge is -2.07. The van der Waals surface area contributed by atoms with E-state index in [1.54, 1.807) is 19.1 Å². The van der Waals surface area contributed by atoms with Crippen LogP contribution in [0.1, 0.15) is 15.9 Å². The van der Waals surface area contributed by atoms with Gasteiger partial charge in [0.05, 0.1) is 9.95 Å². The van der Waals surface area contributed by atoms with Gasteiger partial charge in [-0.3, -0.25) is 14.9 Å². The third-order valence-corrected chi connectivity index (χ3v) is 3.18. The molecule has 2 aromatic rings. The summed E-state index contributed by atoms with van der Waals surface area (Å²) < 4.78 is 0. The van der Waals surface area contributed by atoms with Gasteiger partial charge in [-0.15, -0.1) is 0 Å². The molecule has 2 aromatic carbocycles. The number of hydrogen-bond donors (Lipinski definition) is 2. The maximum Gasteiger partial charge on any atom is 0.274 e. The molecule has 21 heavy (non-hydrogen) atoms. The lowest BCUT2D eigenvalue weighted by Crippen LogP contribution is -2.12. The van der Waals surface area contributed by atoms with E-state index < -0.39 is 10.8 Å². The second kappa shape index (κ2) is 5.80. The smallest absolute Gasteiger partial charge is 0.274 e. The first-order chi connectivity index (χ1) is 9.88. The van der Waals surface area contributed by atoms with E-state index in [0.717, 1.165) is 0 Å². The van der Waals surface area contributed by atoms with E-state index in [1.165, 1.54) is 24.3 Å². The van der Waals surface area contributed by atoms with Crippen molar-refractivity contribution >= 4 is 28.9 Å². The summed E-state index contributed by atoms with van der Waals surface area (Å²) in [6.07, 6.45) is 0. The summed E-state index contributed by atoms with van der Waals surface area (Å²) >= 11 is 5.73. The number of phenolic OH excluding ortho intramolecular Hbond substituents is 1. The highest BCUT2D eigenvalue weighted by Gasteiger charge is 2.13. The van der Waals surface area contributed by atoms with Crippen molar-refractivity contribution in [2.75, 3.05) is 5.32 Å². The number of anilines is 1. The molecule has 0 aromatic heterocycles. The van der Waals surface area contributed by atoms with Crippen LogP contribution in [0.3, 0.4) is 0 Å². The van der Waals surface area contributed by atoms with Crippen LogP contribution in [-0.2, 0) is 0 Å². The maximum absolute atomic E-state index is 12.0. The van der Waals surface area contributed by atoms with Crippen LogP contribution in [0.5, 0.6) is 5.75 Å². The Morgan fingerprint density at radius 2 is 2.00 bits per heavy atom. The SMILES string of the molecule is Cc1ccc(NC(=O)c2ccc(O)c(Cl)c2)cc1[N+](=O)[O-]. The lowest BCUT2D eigenvalue weighted by atomic mass is 10.1. The summed E-state index contributed by atoms with van der Waals surface area (Å²) in [5.74, 6) is -0.603. The van der Waals surface area contributed by atoms with Crippen LogP contribution in [0.2, 0.25) is 5.02 Å². The largest absolute Gasteiger partial charge is 0.506 e. The molecule has 7 heteroatoms. The van der Waals surface area contributed by atoms with E-state index in [2.05, 4.69) is 5.32 Å². The predicted molar refractivity (Wildman–Crippen MR) is 78.9 cm³/mol. The van der Waals surface area contributed by atoms with Gasteiger partial charge < -0.3 is 10.4 Å². The number of aromatic hydroxyl groups is 1. The highest BCUT2D eigenvalue weighted by molar-refractivity contribution is 6.32. The van der Waals surface area contributed by atoms with Gasteiger partial charge in [0.2, 0.25) is 0 Å². The molecule has 0 saturated heterocycles. The first-order valence-corrected chi connectivity index (χ1v) is 6.31. The van der Waals surface area contributed by atoms with E-state index in [4.69, 9.17) is 11.6 Å². The van der Waals surface area contributed by atoms with Gasteiger partial charge >= 0.3 is 0 Å². The van der Waals surface area contributed by atoms with Gasteiger partial charge in [-0.2, -0.15) is 0 Å². The van der Waals surface area contributed by atoms with Crippen molar-refractivity contribution in [3.8, 4) is 5.75 Å². The standard InChI is InChI=1S/C14H11ClN2O4/c1-8-2-4-10(7-12(8)17(20)21)16-14(19)9-3-5-13(18)11(15)6-9/h2-7,18H,1H3,(H,16,19). The fraction of sp³-hybridized carbons (Fsp3) is 0.0714. The van der Waals surface area contributed by atoms with Crippen LogP contribution in [0.15, 0.2) is 36.4 Å². The molecule has 0 spiro atoms. The Morgan fingerprint density at radius 1 is 1.29 bits per heavy atom. The minimum absolute atomic E-state index is 0.0533. The maximum atomic E-state index is 12.0. The molecule has 0 saturated carbocycles. The molecule has 0 radical (unpaired) electrons. The third kappa shape index (κ3) is 3.29.